The summed E-state index contributed by atoms with van der Waals surface area (Å²) in [4.78, 5) is 25.8. The Morgan fingerprint density at radius 1 is 1.30 bits per heavy atom. The number of nitrogens with zero attached hydrogens (tertiary/aromatic N) is 2. The summed E-state index contributed by atoms with van der Waals surface area (Å²) in [5, 5.41) is 8.80. The predicted octanol–water partition coefficient (Wildman–Crippen LogP) is -0.571. The van der Waals surface area contributed by atoms with E-state index in [-0.39, 0.29) is 36.5 Å². The molecular formula is C12H22N2O5S. The standard InChI is InChI=1S/C12H22N2O5S/c1-3-5-14(8-12(16)17)7-11(15)13(2)10-4-6-20(18,19)9-10/h10H,3-9H2,1-2H3,(H,16,17). The molecule has 1 fully saturated rings. The first-order valence-corrected chi connectivity index (χ1v) is 8.47. The van der Waals surface area contributed by atoms with Crippen LogP contribution in [0.25, 0.3) is 0 Å². The molecule has 1 aliphatic rings. The van der Waals surface area contributed by atoms with Gasteiger partial charge < -0.3 is 10.0 Å². The zero-order valence-electron chi connectivity index (χ0n) is 11.9. The molecule has 0 aromatic carbocycles. The average molecular weight is 306 g/mol. The second kappa shape index (κ2) is 7.03. The van der Waals surface area contributed by atoms with Gasteiger partial charge in [-0.2, -0.15) is 0 Å². The Labute approximate surface area is 119 Å². The molecule has 1 saturated heterocycles. The van der Waals surface area contributed by atoms with E-state index >= 15 is 0 Å². The summed E-state index contributed by atoms with van der Waals surface area (Å²) in [6.45, 7) is 2.25. The molecule has 20 heavy (non-hydrogen) atoms. The van der Waals surface area contributed by atoms with Crippen LogP contribution < -0.4 is 0 Å². The fourth-order valence-electron chi connectivity index (χ4n) is 2.31. The minimum atomic E-state index is -3.03. The molecule has 0 aromatic rings. The van der Waals surface area contributed by atoms with Crippen LogP contribution in [0, 0.1) is 0 Å². The zero-order valence-corrected chi connectivity index (χ0v) is 12.7. The molecule has 0 radical (unpaired) electrons. The molecule has 1 rings (SSSR count). The molecule has 1 atom stereocenters. The van der Waals surface area contributed by atoms with Crippen molar-refractivity contribution in [2.45, 2.75) is 25.8 Å². The highest BCUT2D eigenvalue weighted by Crippen LogP contribution is 2.16. The van der Waals surface area contributed by atoms with Crippen molar-refractivity contribution < 1.29 is 23.1 Å². The highest BCUT2D eigenvalue weighted by molar-refractivity contribution is 7.91. The normalized spacial score (nSPS) is 21.1. The Kier molecular flexibility index (Phi) is 5.94. The lowest BCUT2D eigenvalue weighted by atomic mass is 10.2. The highest BCUT2D eigenvalue weighted by Gasteiger charge is 2.33. The molecule has 8 heteroatoms. The summed E-state index contributed by atoms with van der Waals surface area (Å²) in [5.74, 6) is -1.09. The van der Waals surface area contributed by atoms with Gasteiger partial charge in [-0.1, -0.05) is 6.92 Å². The van der Waals surface area contributed by atoms with Gasteiger partial charge >= 0.3 is 5.97 Å². The van der Waals surface area contributed by atoms with Crippen LogP contribution in [0.2, 0.25) is 0 Å². The van der Waals surface area contributed by atoms with Crippen molar-refractivity contribution in [1.82, 2.24) is 9.80 Å². The Morgan fingerprint density at radius 3 is 2.40 bits per heavy atom. The minimum absolute atomic E-state index is 0.00193. The number of carbonyl (C=O) groups is 2. The van der Waals surface area contributed by atoms with Crippen molar-refractivity contribution in [3.63, 3.8) is 0 Å². The van der Waals surface area contributed by atoms with Gasteiger partial charge in [0.25, 0.3) is 0 Å². The molecule has 0 bridgehead atoms. The van der Waals surface area contributed by atoms with E-state index in [1.165, 1.54) is 4.90 Å². The lowest BCUT2D eigenvalue weighted by Crippen LogP contribution is -2.45. The van der Waals surface area contributed by atoms with Crippen LogP contribution in [0.4, 0.5) is 0 Å². The van der Waals surface area contributed by atoms with Crippen LogP contribution in [0.3, 0.4) is 0 Å². The van der Waals surface area contributed by atoms with E-state index in [4.69, 9.17) is 5.11 Å². The summed E-state index contributed by atoms with van der Waals surface area (Å²) in [5.41, 5.74) is 0. The number of carbonyl (C=O) groups excluding carboxylic acids is 1. The number of sulfone groups is 1. The van der Waals surface area contributed by atoms with E-state index in [1.807, 2.05) is 6.92 Å². The van der Waals surface area contributed by atoms with Crippen LogP contribution in [0.5, 0.6) is 0 Å². The van der Waals surface area contributed by atoms with E-state index < -0.39 is 15.8 Å². The second-order valence-electron chi connectivity index (χ2n) is 5.17. The SMILES string of the molecule is CCCN(CC(=O)O)CC(=O)N(C)C1CCS(=O)(=O)C1. The quantitative estimate of drug-likeness (QED) is 0.677. The van der Waals surface area contributed by atoms with E-state index in [9.17, 15) is 18.0 Å². The maximum absolute atomic E-state index is 12.1. The molecule has 0 aromatic heterocycles. The van der Waals surface area contributed by atoms with E-state index in [0.29, 0.717) is 13.0 Å². The van der Waals surface area contributed by atoms with Crippen LogP contribution in [-0.2, 0) is 19.4 Å². The van der Waals surface area contributed by atoms with Gasteiger partial charge in [-0.3, -0.25) is 14.5 Å². The number of hydrogen-bond donors (Lipinski definition) is 1. The molecule has 7 nitrogen and oxygen atoms in total. The predicted molar refractivity (Wildman–Crippen MR) is 74.2 cm³/mol. The number of aliphatic carboxylic acids is 1. The lowest BCUT2D eigenvalue weighted by molar-refractivity contribution is -0.139. The van der Waals surface area contributed by atoms with Gasteiger partial charge in [0.05, 0.1) is 24.6 Å². The Bertz CT molecular complexity index is 462. The third-order valence-corrected chi connectivity index (χ3v) is 5.16. The maximum atomic E-state index is 12.1. The van der Waals surface area contributed by atoms with Gasteiger partial charge in [-0.05, 0) is 19.4 Å². The maximum Gasteiger partial charge on any atom is 0.317 e. The molecule has 1 heterocycles. The molecule has 0 aliphatic carbocycles. The zero-order chi connectivity index (χ0) is 15.3. The first-order chi connectivity index (χ1) is 9.25. The molecule has 1 aliphatic heterocycles. The van der Waals surface area contributed by atoms with Gasteiger partial charge in [-0.15, -0.1) is 0 Å². The van der Waals surface area contributed by atoms with Crippen molar-refractivity contribution in [3.05, 3.63) is 0 Å². The third kappa shape index (κ3) is 5.09. The van der Waals surface area contributed by atoms with Gasteiger partial charge in [0.2, 0.25) is 5.91 Å². The van der Waals surface area contributed by atoms with Crippen molar-refractivity contribution in [2.75, 3.05) is 38.2 Å². The minimum Gasteiger partial charge on any atom is -0.480 e. The molecule has 0 saturated carbocycles. The summed E-state index contributed by atoms with van der Waals surface area (Å²) >= 11 is 0. The number of hydrogen-bond acceptors (Lipinski definition) is 5. The van der Waals surface area contributed by atoms with E-state index in [2.05, 4.69) is 0 Å². The van der Waals surface area contributed by atoms with Crippen molar-refractivity contribution >= 4 is 21.7 Å². The first kappa shape index (κ1) is 16.9. The number of likely N-dealkylation sites (N-methyl/N-ethyl adjacent to an activating group) is 1. The second-order valence-corrected chi connectivity index (χ2v) is 7.39. The van der Waals surface area contributed by atoms with Gasteiger partial charge in [-0.25, -0.2) is 8.42 Å². The number of carboxylic acid groups (broad SMARTS) is 1. The van der Waals surface area contributed by atoms with Gasteiger partial charge in [0.15, 0.2) is 9.84 Å². The molecule has 0 spiro atoms. The monoisotopic (exact) mass is 306 g/mol. The summed E-state index contributed by atoms with van der Waals surface area (Å²) < 4.78 is 22.8. The Balaban J connectivity index is 2.57. The van der Waals surface area contributed by atoms with Gasteiger partial charge in [0.1, 0.15) is 0 Å². The van der Waals surface area contributed by atoms with Crippen molar-refractivity contribution in [1.29, 1.82) is 0 Å². The summed E-state index contributed by atoms with van der Waals surface area (Å²) in [6, 6.07) is -0.291. The number of amides is 1. The fourth-order valence-corrected chi connectivity index (χ4v) is 4.08. The van der Waals surface area contributed by atoms with Crippen molar-refractivity contribution in [2.24, 2.45) is 0 Å². The molecule has 1 amide bonds. The highest BCUT2D eigenvalue weighted by atomic mass is 32.2. The molecular weight excluding hydrogens is 284 g/mol. The first-order valence-electron chi connectivity index (χ1n) is 6.65. The van der Waals surface area contributed by atoms with Crippen molar-refractivity contribution in [3.8, 4) is 0 Å². The largest absolute Gasteiger partial charge is 0.480 e. The average Bonchev–Trinajstić information content (AvgIpc) is 2.68. The number of rotatable bonds is 7. The van der Waals surface area contributed by atoms with Gasteiger partial charge in [0, 0.05) is 13.1 Å². The lowest BCUT2D eigenvalue weighted by Gasteiger charge is -2.27. The summed E-state index contributed by atoms with van der Waals surface area (Å²) in [7, 11) is -1.45. The van der Waals surface area contributed by atoms with E-state index in [0.717, 1.165) is 6.42 Å². The van der Waals surface area contributed by atoms with E-state index in [1.54, 1.807) is 11.9 Å². The van der Waals surface area contributed by atoms with Crippen LogP contribution in [0.15, 0.2) is 0 Å². The smallest absolute Gasteiger partial charge is 0.317 e. The molecule has 1 N–H and O–H groups in total. The fraction of sp³-hybridized carbons (Fsp3) is 0.833. The Morgan fingerprint density at radius 2 is 1.95 bits per heavy atom. The summed E-state index contributed by atoms with van der Waals surface area (Å²) in [6.07, 6.45) is 1.21. The molecule has 1 unspecified atom stereocenters. The Hall–Kier alpha value is -1.15. The molecule has 116 valence electrons. The van der Waals surface area contributed by atoms with Crippen LogP contribution in [0.1, 0.15) is 19.8 Å². The topological polar surface area (TPSA) is 95.0 Å². The van der Waals surface area contributed by atoms with Crippen LogP contribution >= 0.6 is 0 Å². The third-order valence-electron chi connectivity index (χ3n) is 3.41. The number of carboxylic acids is 1. The van der Waals surface area contributed by atoms with Crippen LogP contribution in [-0.4, -0.2) is 79.4 Å².